The van der Waals surface area contributed by atoms with Gasteiger partial charge >= 0.3 is 5.97 Å². The molecular formula is C20H21ClN2O4. The number of halogens is 1. The van der Waals surface area contributed by atoms with Gasteiger partial charge in [0.15, 0.2) is 0 Å². The maximum absolute atomic E-state index is 12.7. The molecule has 1 fully saturated rings. The third-order valence-corrected chi connectivity index (χ3v) is 4.86. The number of benzene rings is 2. The van der Waals surface area contributed by atoms with E-state index in [0.29, 0.717) is 48.1 Å². The van der Waals surface area contributed by atoms with Gasteiger partial charge in [-0.2, -0.15) is 0 Å². The maximum atomic E-state index is 12.7. The average Bonchev–Trinajstić information content (AvgIpc) is 2.70. The molecule has 0 unspecified atom stereocenters. The summed E-state index contributed by atoms with van der Waals surface area (Å²) in [7, 11) is 1.33. The van der Waals surface area contributed by atoms with E-state index >= 15 is 0 Å². The summed E-state index contributed by atoms with van der Waals surface area (Å²) in [6.07, 6.45) is 0. The maximum Gasteiger partial charge on any atom is 0.337 e. The van der Waals surface area contributed by atoms with Gasteiger partial charge in [-0.15, -0.1) is 0 Å². The van der Waals surface area contributed by atoms with E-state index in [1.165, 1.54) is 7.11 Å². The first-order chi connectivity index (χ1) is 13.0. The molecule has 1 amide bonds. The van der Waals surface area contributed by atoms with Gasteiger partial charge in [0.25, 0.3) is 5.91 Å². The van der Waals surface area contributed by atoms with Gasteiger partial charge in [-0.1, -0.05) is 11.6 Å². The molecule has 6 nitrogen and oxygen atoms in total. The van der Waals surface area contributed by atoms with Crippen molar-refractivity contribution in [2.45, 2.75) is 6.92 Å². The average molecular weight is 389 g/mol. The Balaban J connectivity index is 1.93. The van der Waals surface area contributed by atoms with Crippen LogP contribution in [0.2, 0.25) is 5.02 Å². The van der Waals surface area contributed by atoms with Crippen LogP contribution >= 0.6 is 11.6 Å². The highest BCUT2D eigenvalue weighted by Crippen LogP contribution is 2.29. The zero-order valence-corrected chi connectivity index (χ0v) is 16.0. The topological polar surface area (TPSA) is 67.9 Å². The standard InChI is InChI=1S/C20H21ClN2O4/c1-13-11-14(3-5-16(13)21)19(24)22-17-12-15(20(25)26-2)4-6-18(17)23-7-9-27-10-8-23/h3-6,11-12H,7-10H2,1-2H3,(H,22,24). The molecule has 0 saturated carbocycles. The molecule has 7 heteroatoms. The van der Waals surface area contributed by atoms with Crippen LogP contribution in [-0.2, 0) is 9.47 Å². The number of methoxy groups -OCH3 is 1. The molecule has 1 aliphatic heterocycles. The summed E-state index contributed by atoms with van der Waals surface area (Å²) in [6, 6.07) is 10.2. The smallest absolute Gasteiger partial charge is 0.337 e. The molecule has 142 valence electrons. The van der Waals surface area contributed by atoms with Gasteiger partial charge in [0.1, 0.15) is 0 Å². The monoisotopic (exact) mass is 388 g/mol. The summed E-state index contributed by atoms with van der Waals surface area (Å²) < 4.78 is 10.2. The van der Waals surface area contributed by atoms with Crippen molar-refractivity contribution in [2.24, 2.45) is 0 Å². The molecule has 0 spiro atoms. The van der Waals surface area contributed by atoms with Gasteiger partial charge < -0.3 is 19.7 Å². The number of carbonyl (C=O) groups excluding carboxylic acids is 2. The zero-order chi connectivity index (χ0) is 19.4. The zero-order valence-electron chi connectivity index (χ0n) is 15.3. The number of amides is 1. The minimum absolute atomic E-state index is 0.272. The number of morpholine rings is 1. The number of rotatable bonds is 4. The lowest BCUT2D eigenvalue weighted by Crippen LogP contribution is -2.36. The lowest BCUT2D eigenvalue weighted by atomic mass is 10.1. The number of anilines is 2. The Morgan fingerprint density at radius 1 is 1.11 bits per heavy atom. The molecule has 2 aromatic rings. The molecule has 0 atom stereocenters. The van der Waals surface area contributed by atoms with Crippen LogP contribution < -0.4 is 10.2 Å². The van der Waals surface area contributed by atoms with Crippen molar-refractivity contribution in [3.8, 4) is 0 Å². The molecule has 1 heterocycles. The van der Waals surface area contributed by atoms with Gasteiger partial charge in [-0.3, -0.25) is 4.79 Å². The molecule has 27 heavy (non-hydrogen) atoms. The summed E-state index contributed by atoms with van der Waals surface area (Å²) in [5.74, 6) is -0.729. The number of ether oxygens (including phenoxy) is 2. The molecule has 1 saturated heterocycles. The number of esters is 1. The first-order valence-corrected chi connectivity index (χ1v) is 9.00. The Morgan fingerprint density at radius 2 is 1.81 bits per heavy atom. The molecule has 2 aromatic carbocycles. The predicted molar refractivity (Wildman–Crippen MR) is 105 cm³/mol. The Morgan fingerprint density at radius 3 is 2.48 bits per heavy atom. The summed E-state index contributed by atoms with van der Waals surface area (Å²) >= 11 is 6.04. The summed E-state index contributed by atoms with van der Waals surface area (Å²) in [4.78, 5) is 26.8. The summed E-state index contributed by atoms with van der Waals surface area (Å²) in [5, 5.41) is 3.52. The highest BCUT2D eigenvalue weighted by atomic mass is 35.5. The van der Waals surface area contributed by atoms with Crippen molar-refractivity contribution in [3.63, 3.8) is 0 Å². The van der Waals surface area contributed by atoms with Crippen molar-refractivity contribution in [1.29, 1.82) is 0 Å². The van der Waals surface area contributed by atoms with Crippen LogP contribution in [0.5, 0.6) is 0 Å². The largest absolute Gasteiger partial charge is 0.465 e. The third-order valence-electron chi connectivity index (χ3n) is 4.44. The highest BCUT2D eigenvalue weighted by molar-refractivity contribution is 6.31. The first-order valence-electron chi connectivity index (χ1n) is 8.62. The lowest BCUT2D eigenvalue weighted by molar-refractivity contribution is 0.0600. The van der Waals surface area contributed by atoms with Crippen molar-refractivity contribution in [3.05, 3.63) is 58.1 Å². The second kappa shape index (κ2) is 8.41. The van der Waals surface area contributed by atoms with Crippen molar-refractivity contribution in [2.75, 3.05) is 43.6 Å². The molecule has 0 aromatic heterocycles. The van der Waals surface area contributed by atoms with Crippen LogP contribution in [0, 0.1) is 6.92 Å². The fourth-order valence-corrected chi connectivity index (χ4v) is 3.06. The van der Waals surface area contributed by atoms with E-state index in [1.807, 2.05) is 13.0 Å². The van der Waals surface area contributed by atoms with Crippen molar-refractivity contribution >= 4 is 34.9 Å². The molecule has 0 bridgehead atoms. The summed E-state index contributed by atoms with van der Waals surface area (Å²) in [6.45, 7) is 4.49. The van der Waals surface area contributed by atoms with Crippen LogP contribution in [0.25, 0.3) is 0 Å². The number of nitrogens with zero attached hydrogens (tertiary/aromatic N) is 1. The molecule has 0 radical (unpaired) electrons. The minimum atomic E-state index is -0.457. The van der Waals surface area contributed by atoms with Crippen LogP contribution in [0.1, 0.15) is 26.3 Å². The van der Waals surface area contributed by atoms with Crippen molar-refractivity contribution < 1.29 is 19.1 Å². The van der Waals surface area contributed by atoms with Gasteiger partial charge in [-0.25, -0.2) is 4.79 Å². The van der Waals surface area contributed by atoms with Gasteiger partial charge in [0.2, 0.25) is 0 Å². The van der Waals surface area contributed by atoms with E-state index in [9.17, 15) is 9.59 Å². The first kappa shape index (κ1) is 19.2. The van der Waals surface area contributed by atoms with Gasteiger partial charge in [-0.05, 0) is 48.9 Å². The molecule has 1 aliphatic rings. The number of aryl methyl sites for hydroxylation is 1. The molecular weight excluding hydrogens is 368 g/mol. The number of hydrogen-bond acceptors (Lipinski definition) is 5. The Labute approximate surface area is 163 Å². The van der Waals surface area contributed by atoms with E-state index in [1.54, 1.807) is 30.3 Å². The Hall–Kier alpha value is -2.57. The second-order valence-electron chi connectivity index (χ2n) is 6.24. The lowest BCUT2D eigenvalue weighted by Gasteiger charge is -2.30. The fraction of sp³-hybridized carbons (Fsp3) is 0.300. The molecule has 1 N–H and O–H groups in total. The fourth-order valence-electron chi connectivity index (χ4n) is 2.94. The SMILES string of the molecule is COC(=O)c1ccc(N2CCOCC2)c(NC(=O)c2ccc(Cl)c(C)c2)c1. The van der Waals surface area contributed by atoms with E-state index in [4.69, 9.17) is 21.1 Å². The quantitative estimate of drug-likeness (QED) is 0.811. The van der Waals surface area contributed by atoms with Crippen LogP contribution in [0.3, 0.4) is 0 Å². The van der Waals surface area contributed by atoms with E-state index in [-0.39, 0.29) is 5.91 Å². The third kappa shape index (κ3) is 4.40. The number of nitrogens with one attached hydrogen (secondary N) is 1. The van der Waals surface area contributed by atoms with E-state index in [2.05, 4.69) is 10.2 Å². The minimum Gasteiger partial charge on any atom is -0.465 e. The van der Waals surface area contributed by atoms with Gasteiger partial charge in [0.05, 0.1) is 37.3 Å². The van der Waals surface area contributed by atoms with Crippen molar-refractivity contribution in [1.82, 2.24) is 0 Å². The van der Waals surface area contributed by atoms with Crippen LogP contribution in [0.15, 0.2) is 36.4 Å². The molecule has 0 aliphatic carbocycles. The normalized spacial score (nSPS) is 14.0. The van der Waals surface area contributed by atoms with Crippen LogP contribution in [-0.4, -0.2) is 45.3 Å². The van der Waals surface area contributed by atoms with E-state index in [0.717, 1.165) is 11.3 Å². The summed E-state index contributed by atoms with van der Waals surface area (Å²) in [5.41, 5.74) is 3.08. The number of hydrogen-bond donors (Lipinski definition) is 1. The number of carbonyl (C=O) groups is 2. The predicted octanol–water partition coefficient (Wildman–Crippen LogP) is 3.52. The van der Waals surface area contributed by atoms with Gasteiger partial charge in [0, 0.05) is 23.7 Å². The molecule has 3 rings (SSSR count). The van der Waals surface area contributed by atoms with Crippen LogP contribution in [0.4, 0.5) is 11.4 Å². The Bertz CT molecular complexity index is 863. The Kier molecular flexibility index (Phi) is 5.98. The van der Waals surface area contributed by atoms with E-state index < -0.39 is 5.97 Å². The second-order valence-corrected chi connectivity index (χ2v) is 6.65. The highest BCUT2D eigenvalue weighted by Gasteiger charge is 2.19.